The highest BCUT2D eigenvalue weighted by Gasteiger charge is 2.38. The summed E-state index contributed by atoms with van der Waals surface area (Å²) in [7, 11) is 0. The number of rotatable bonds is 12. The van der Waals surface area contributed by atoms with Gasteiger partial charge in [0.2, 0.25) is 11.6 Å². The standard InChI is InChI=1S/C33H42N4O/c1-4-36-30-19-13-11-17-28(30)33(2,3)31(36)20-8-5-7-16-27-25-26-15-10-12-18-29(26)37(27)24-14-6-9-21-32(38)35-23-22-34/h5,7-8,10-13,15-20H,4,6,9,14,21-25,34H2,1-3H3/p+1. The quantitative estimate of drug-likeness (QED) is 0.216. The van der Waals surface area contributed by atoms with Gasteiger partial charge in [-0.2, -0.15) is 4.58 Å². The molecule has 0 aromatic heterocycles. The topological polar surface area (TPSA) is 61.4 Å². The summed E-state index contributed by atoms with van der Waals surface area (Å²) >= 11 is 0. The van der Waals surface area contributed by atoms with E-state index < -0.39 is 0 Å². The van der Waals surface area contributed by atoms with Gasteiger partial charge >= 0.3 is 0 Å². The number of nitrogens with zero attached hydrogens (tertiary/aromatic N) is 2. The largest absolute Gasteiger partial charge is 0.355 e. The number of hydrogen-bond donors (Lipinski definition) is 2. The number of nitrogens with two attached hydrogens (primary N) is 1. The van der Waals surface area contributed by atoms with Gasteiger partial charge in [-0.1, -0.05) is 68.5 Å². The number of fused-ring (bicyclic) bond motifs is 2. The van der Waals surface area contributed by atoms with Crippen LogP contribution in [-0.4, -0.2) is 42.4 Å². The van der Waals surface area contributed by atoms with Gasteiger partial charge in [0.15, 0.2) is 5.71 Å². The molecule has 2 aliphatic heterocycles. The molecule has 0 unspecified atom stereocenters. The van der Waals surface area contributed by atoms with Gasteiger partial charge in [0.25, 0.3) is 0 Å². The van der Waals surface area contributed by atoms with E-state index in [1.54, 1.807) is 0 Å². The summed E-state index contributed by atoms with van der Waals surface area (Å²) in [5, 5.41) is 2.85. The molecule has 0 saturated heterocycles. The highest BCUT2D eigenvalue weighted by molar-refractivity contribution is 5.96. The summed E-state index contributed by atoms with van der Waals surface area (Å²) in [5.41, 5.74) is 13.5. The van der Waals surface area contributed by atoms with E-state index in [4.69, 9.17) is 5.73 Å². The monoisotopic (exact) mass is 511 g/mol. The van der Waals surface area contributed by atoms with Gasteiger partial charge in [-0.15, -0.1) is 0 Å². The van der Waals surface area contributed by atoms with Gasteiger partial charge in [-0.05, 0) is 37.5 Å². The summed E-state index contributed by atoms with van der Waals surface area (Å²) in [5.74, 6) is 0.103. The van der Waals surface area contributed by atoms with Gasteiger partial charge < -0.3 is 16.0 Å². The highest BCUT2D eigenvalue weighted by Crippen LogP contribution is 2.47. The summed E-state index contributed by atoms with van der Waals surface area (Å²) in [6.45, 7) is 9.81. The number of nitrogens with one attached hydrogen (secondary N) is 1. The Kier molecular flexibility index (Phi) is 9.35. The smallest absolute Gasteiger partial charge is 0.220 e. The van der Waals surface area contributed by atoms with E-state index in [0.717, 1.165) is 38.8 Å². The predicted molar refractivity (Wildman–Crippen MR) is 159 cm³/mol. The molecular formula is C33H43N4O+. The molecule has 2 aliphatic rings. The Bertz CT molecular complexity index is 1250. The zero-order chi connectivity index (χ0) is 27.0. The first-order chi connectivity index (χ1) is 18.5. The maximum atomic E-state index is 11.8. The fraction of sp³-hybridized carbons (Fsp3) is 0.394. The zero-order valence-corrected chi connectivity index (χ0v) is 23.2. The van der Waals surface area contributed by atoms with Crippen LogP contribution < -0.4 is 16.0 Å². The minimum Gasteiger partial charge on any atom is -0.355 e. The number of benzene rings is 2. The van der Waals surface area contributed by atoms with E-state index >= 15 is 0 Å². The van der Waals surface area contributed by atoms with E-state index in [2.05, 4.69) is 114 Å². The van der Waals surface area contributed by atoms with Crippen LogP contribution >= 0.6 is 0 Å². The number of carbonyl (C=O) groups is 1. The molecule has 5 heteroatoms. The first-order valence-corrected chi connectivity index (χ1v) is 14.1. The molecule has 2 heterocycles. The molecule has 0 bridgehead atoms. The van der Waals surface area contributed by atoms with Crippen LogP contribution in [0.1, 0.15) is 57.6 Å². The van der Waals surface area contributed by atoms with Crippen LogP contribution in [0.4, 0.5) is 11.4 Å². The van der Waals surface area contributed by atoms with Crippen LogP contribution in [0.25, 0.3) is 0 Å². The fourth-order valence-electron chi connectivity index (χ4n) is 5.67. The summed E-state index contributed by atoms with van der Waals surface area (Å²) in [4.78, 5) is 14.2. The third-order valence-electron chi connectivity index (χ3n) is 7.63. The van der Waals surface area contributed by atoms with Crippen molar-refractivity contribution in [3.8, 4) is 0 Å². The second-order valence-electron chi connectivity index (χ2n) is 10.6. The normalized spacial score (nSPS) is 17.2. The van der Waals surface area contributed by atoms with Crippen molar-refractivity contribution in [3.63, 3.8) is 0 Å². The number of carbonyl (C=O) groups excluding carboxylic acids is 1. The number of hydrogen-bond acceptors (Lipinski definition) is 3. The Hall–Kier alpha value is -3.44. The first-order valence-electron chi connectivity index (χ1n) is 14.1. The Morgan fingerprint density at radius 2 is 1.84 bits per heavy atom. The second kappa shape index (κ2) is 12.9. The molecule has 0 saturated carbocycles. The molecule has 0 atom stereocenters. The highest BCUT2D eigenvalue weighted by atomic mass is 16.1. The average molecular weight is 512 g/mol. The molecule has 3 N–H and O–H groups in total. The van der Waals surface area contributed by atoms with Gasteiger partial charge in [0, 0.05) is 67.0 Å². The minimum absolute atomic E-state index is 0.00953. The van der Waals surface area contributed by atoms with Crippen molar-refractivity contribution in [2.45, 2.75) is 58.3 Å². The maximum absolute atomic E-state index is 11.8. The molecule has 2 aromatic carbocycles. The predicted octanol–water partition coefficient (Wildman–Crippen LogP) is 5.78. The number of likely N-dealkylation sites (N-methyl/N-ethyl adjacent to an activating group) is 1. The fourth-order valence-corrected chi connectivity index (χ4v) is 5.67. The average Bonchev–Trinajstić information content (AvgIpc) is 3.38. The van der Waals surface area contributed by atoms with E-state index in [-0.39, 0.29) is 11.3 Å². The molecule has 5 nitrogen and oxygen atoms in total. The molecule has 4 rings (SSSR count). The van der Waals surface area contributed by atoms with Crippen molar-refractivity contribution in [1.29, 1.82) is 0 Å². The minimum atomic E-state index is -0.00953. The summed E-state index contributed by atoms with van der Waals surface area (Å²) < 4.78 is 2.45. The molecule has 0 spiro atoms. The number of para-hydroxylation sites is 2. The van der Waals surface area contributed by atoms with Crippen molar-refractivity contribution in [3.05, 3.63) is 95.7 Å². The van der Waals surface area contributed by atoms with Gasteiger partial charge in [-0.3, -0.25) is 4.79 Å². The third kappa shape index (κ3) is 6.16. The van der Waals surface area contributed by atoms with Gasteiger partial charge in [-0.25, -0.2) is 0 Å². The Morgan fingerprint density at radius 3 is 2.66 bits per heavy atom. The Labute approximate surface area is 228 Å². The van der Waals surface area contributed by atoms with Crippen LogP contribution in [0.3, 0.4) is 0 Å². The lowest BCUT2D eigenvalue weighted by atomic mass is 9.84. The molecule has 38 heavy (non-hydrogen) atoms. The SMILES string of the molecule is CCN1/C(=C/C=C/C=C/C2=[N+](CCCCCC(=O)NCCN)c3ccccc3C2)C(C)(C)c2ccccc21. The lowest BCUT2D eigenvalue weighted by Crippen LogP contribution is -2.28. The van der Waals surface area contributed by atoms with Crippen molar-refractivity contribution >= 4 is 23.0 Å². The zero-order valence-electron chi connectivity index (χ0n) is 23.2. The molecule has 200 valence electrons. The third-order valence-corrected chi connectivity index (χ3v) is 7.63. The summed E-state index contributed by atoms with van der Waals surface area (Å²) in [6.07, 6.45) is 15.5. The molecule has 2 aromatic rings. The Balaban J connectivity index is 1.41. The first kappa shape index (κ1) is 27.6. The van der Waals surface area contributed by atoms with Crippen molar-refractivity contribution in [2.75, 3.05) is 31.1 Å². The van der Waals surface area contributed by atoms with E-state index in [1.165, 1.54) is 33.9 Å². The van der Waals surface area contributed by atoms with Crippen LogP contribution in [0.5, 0.6) is 0 Å². The molecule has 0 radical (unpaired) electrons. The Morgan fingerprint density at radius 1 is 1.05 bits per heavy atom. The van der Waals surface area contributed by atoms with Crippen LogP contribution in [0, 0.1) is 0 Å². The number of unbranched alkanes of at least 4 members (excludes halogenated alkanes) is 2. The van der Waals surface area contributed by atoms with E-state index in [9.17, 15) is 4.79 Å². The lowest BCUT2D eigenvalue weighted by molar-refractivity contribution is -0.437. The van der Waals surface area contributed by atoms with E-state index in [1.807, 2.05) is 0 Å². The van der Waals surface area contributed by atoms with Crippen LogP contribution in [0.2, 0.25) is 0 Å². The lowest BCUT2D eigenvalue weighted by Gasteiger charge is -2.25. The molecule has 0 fully saturated rings. The molecular weight excluding hydrogens is 468 g/mol. The molecule has 0 aliphatic carbocycles. The van der Waals surface area contributed by atoms with Crippen LogP contribution in [0.15, 0.2) is 84.6 Å². The number of anilines is 1. The maximum Gasteiger partial charge on any atom is 0.220 e. The van der Waals surface area contributed by atoms with Gasteiger partial charge in [0.05, 0.1) is 6.42 Å². The van der Waals surface area contributed by atoms with Crippen molar-refractivity contribution in [1.82, 2.24) is 5.32 Å². The van der Waals surface area contributed by atoms with Crippen molar-refractivity contribution in [2.24, 2.45) is 5.73 Å². The second-order valence-corrected chi connectivity index (χ2v) is 10.6. The van der Waals surface area contributed by atoms with Gasteiger partial charge in [0.1, 0.15) is 6.54 Å². The number of allylic oxidation sites excluding steroid dienone is 6. The number of amides is 1. The molecule has 1 amide bonds. The summed E-state index contributed by atoms with van der Waals surface area (Å²) in [6, 6.07) is 17.4. The van der Waals surface area contributed by atoms with Crippen molar-refractivity contribution < 1.29 is 9.37 Å². The van der Waals surface area contributed by atoms with E-state index in [0.29, 0.717) is 19.5 Å². The van der Waals surface area contributed by atoms with Crippen LogP contribution in [-0.2, 0) is 16.6 Å².